The van der Waals surface area contributed by atoms with Crippen molar-refractivity contribution in [2.75, 3.05) is 20.8 Å². The molecule has 3 unspecified atom stereocenters. The number of hydrogen-bond donors (Lipinski definition) is 0. The lowest BCUT2D eigenvalue weighted by Gasteiger charge is -2.30. The van der Waals surface area contributed by atoms with Crippen LogP contribution in [0.25, 0.3) is 0 Å². The normalized spacial score (nSPS) is 17.1. The fraction of sp³-hybridized carbons (Fsp3) is 1.00. The molecular formula is C14H30O2. The molecule has 0 aliphatic rings. The summed E-state index contributed by atoms with van der Waals surface area (Å²) in [6.45, 7) is 7.60. The van der Waals surface area contributed by atoms with E-state index in [4.69, 9.17) is 9.47 Å². The second-order valence-corrected chi connectivity index (χ2v) is 4.77. The molecule has 0 heterocycles. The Kier molecular flexibility index (Phi) is 10.0. The van der Waals surface area contributed by atoms with E-state index in [0.29, 0.717) is 17.9 Å². The molecule has 0 N–H and O–H groups in total. The predicted molar refractivity (Wildman–Crippen MR) is 69.8 cm³/mol. The molecule has 3 atom stereocenters. The Bertz CT molecular complexity index is 148. The minimum Gasteiger partial charge on any atom is -0.384 e. The zero-order chi connectivity index (χ0) is 12.4. The van der Waals surface area contributed by atoms with Crippen molar-refractivity contribution in [3.63, 3.8) is 0 Å². The molecule has 0 aromatic rings. The van der Waals surface area contributed by atoms with Crippen LogP contribution in [-0.2, 0) is 9.47 Å². The number of hydrogen-bond acceptors (Lipinski definition) is 2. The Balaban J connectivity index is 4.21. The van der Waals surface area contributed by atoms with Gasteiger partial charge in [0.2, 0.25) is 0 Å². The topological polar surface area (TPSA) is 18.5 Å². The monoisotopic (exact) mass is 230 g/mol. The van der Waals surface area contributed by atoms with Gasteiger partial charge in [0.1, 0.15) is 0 Å². The second kappa shape index (κ2) is 10.1. The number of methoxy groups -OCH3 is 2. The SMILES string of the molecule is CCCCCC(OC)C(COC)C(C)CC. The van der Waals surface area contributed by atoms with E-state index < -0.39 is 0 Å². The summed E-state index contributed by atoms with van der Waals surface area (Å²) in [4.78, 5) is 0. The van der Waals surface area contributed by atoms with Crippen molar-refractivity contribution in [3.05, 3.63) is 0 Å². The third kappa shape index (κ3) is 5.86. The summed E-state index contributed by atoms with van der Waals surface area (Å²) >= 11 is 0. The fourth-order valence-corrected chi connectivity index (χ4v) is 2.24. The van der Waals surface area contributed by atoms with E-state index >= 15 is 0 Å². The first-order valence-corrected chi connectivity index (χ1v) is 6.72. The molecule has 0 radical (unpaired) electrons. The van der Waals surface area contributed by atoms with E-state index in [1.165, 1.54) is 32.1 Å². The lowest BCUT2D eigenvalue weighted by atomic mass is 9.85. The lowest BCUT2D eigenvalue weighted by Crippen LogP contribution is -2.31. The fourth-order valence-electron chi connectivity index (χ4n) is 2.24. The second-order valence-electron chi connectivity index (χ2n) is 4.77. The molecule has 0 aromatic heterocycles. The average Bonchev–Trinajstić information content (AvgIpc) is 2.31. The van der Waals surface area contributed by atoms with Gasteiger partial charge in [-0.2, -0.15) is 0 Å². The van der Waals surface area contributed by atoms with Crippen LogP contribution < -0.4 is 0 Å². The Morgan fingerprint density at radius 1 is 1.06 bits per heavy atom. The van der Waals surface area contributed by atoms with Crippen molar-refractivity contribution >= 4 is 0 Å². The minimum atomic E-state index is 0.362. The largest absolute Gasteiger partial charge is 0.384 e. The maximum absolute atomic E-state index is 5.65. The first-order valence-electron chi connectivity index (χ1n) is 6.72. The number of unbranched alkanes of at least 4 members (excludes halogenated alkanes) is 2. The van der Waals surface area contributed by atoms with Gasteiger partial charge in [-0.1, -0.05) is 46.5 Å². The van der Waals surface area contributed by atoms with Crippen LogP contribution in [0.5, 0.6) is 0 Å². The quantitative estimate of drug-likeness (QED) is 0.530. The van der Waals surface area contributed by atoms with Crippen LogP contribution in [0.1, 0.15) is 52.9 Å². The van der Waals surface area contributed by atoms with Gasteiger partial charge in [-0.3, -0.25) is 0 Å². The molecule has 0 bridgehead atoms. The zero-order valence-corrected chi connectivity index (χ0v) is 11.8. The van der Waals surface area contributed by atoms with Crippen LogP contribution in [0.4, 0.5) is 0 Å². The van der Waals surface area contributed by atoms with Gasteiger partial charge in [-0.25, -0.2) is 0 Å². The Morgan fingerprint density at radius 2 is 1.75 bits per heavy atom. The summed E-state index contributed by atoms with van der Waals surface area (Å²) in [6.07, 6.45) is 6.58. The van der Waals surface area contributed by atoms with E-state index in [1.54, 1.807) is 7.11 Å². The third-order valence-electron chi connectivity index (χ3n) is 3.61. The van der Waals surface area contributed by atoms with Gasteiger partial charge in [0, 0.05) is 20.1 Å². The molecule has 0 fully saturated rings. The summed E-state index contributed by atoms with van der Waals surface area (Å²) in [5.41, 5.74) is 0. The van der Waals surface area contributed by atoms with Gasteiger partial charge in [0.25, 0.3) is 0 Å². The highest BCUT2D eigenvalue weighted by molar-refractivity contribution is 4.74. The van der Waals surface area contributed by atoms with E-state index in [1.807, 2.05) is 7.11 Å². The van der Waals surface area contributed by atoms with Crippen molar-refractivity contribution in [2.24, 2.45) is 11.8 Å². The van der Waals surface area contributed by atoms with Crippen molar-refractivity contribution in [1.29, 1.82) is 0 Å². The molecule has 0 rings (SSSR count). The summed E-state index contributed by atoms with van der Waals surface area (Å²) in [6, 6.07) is 0. The predicted octanol–water partition coefficient (Wildman–Crippen LogP) is 3.89. The van der Waals surface area contributed by atoms with Gasteiger partial charge in [-0.05, 0) is 12.3 Å². The Labute approximate surface area is 102 Å². The van der Waals surface area contributed by atoms with E-state index in [0.717, 1.165) is 6.61 Å². The van der Waals surface area contributed by atoms with Crippen LogP contribution in [0, 0.1) is 11.8 Å². The maximum Gasteiger partial charge on any atom is 0.0624 e. The van der Waals surface area contributed by atoms with Gasteiger partial charge < -0.3 is 9.47 Å². The molecule has 0 amide bonds. The molecule has 98 valence electrons. The van der Waals surface area contributed by atoms with Crippen LogP contribution in [-0.4, -0.2) is 26.9 Å². The molecule has 2 heteroatoms. The van der Waals surface area contributed by atoms with E-state index in [2.05, 4.69) is 20.8 Å². The zero-order valence-electron chi connectivity index (χ0n) is 11.8. The molecule has 0 saturated heterocycles. The minimum absolute atomic E-state index is 0.362. The van der Waals surface area contributed by atoms with Crippen LogP contribution in [0.2, 0.25) is 0 Å². The van der Waals surface area contributed by atoms with Gasteiger partial charge in [0.05, 0.1) is 12.7 Å². The van der Waals surface area contributed by atoms with Crippen molar-refractivity contribution in [2.45, 2.75) is 59.0 Å². The molecule has 16 heavy (non-hydrogen) atoms. The van der Waals surface area contributed by atoms with Crippen molar-refractivity contribution in [3.8, 4) is 0 Å². The van der Waals surface area contributed by atoms with Crippen LogP contribution in [0.15, 0.2) is 0 Å². The van der Waals surface area contributed by atoms with Crippen molar-refractivity contribution < 1.29 is 9.47 Å². The molecule has 0 aromatic carbocycles. The number of ether oxygens (including phenoxy) is 2. The molecule has 0 saturated carbocycles. The lowest BCUT2D eigenvalue weighted by molar-refractivity contribution is -0.0146. The average molecular weight is 230 g/mol. The molecule has 2 nitrogen and oxygen atoms in total. The highest BCUT2D eigenvalue weighted by Gasteiger charge is 2.25. The molecule has 0 aliphatic heterocycles. The first-order chi connectivity index (χ1) is 7.71. The first kappa shape index (κ1) is 15.9. The summed E-state index contributed by atoms with van der Waals surface area (Å²) in [5.74, 6) is 1.21. The van der Waals surface area contributed by atoms with Gasteiger partial charge in [-0.15, -0.1) is 0 Å². The molecule has 0 aliphatic carbocycles. The molecular weight excluding hydrogens is 200 g/mol. The van der Waals surface area contributed by atoms with E-state index in [9.17, 15) is 0 Å². The van der Waals surface area contributed by atoms with Crippen molar-refractivity contribution in [1.82, 2.24) is 0 Å². The molecule has 0 spiro atoms. The van der Waals surface area contributed by atoms with Crippen LogP contribution in [0.3, 0.4) is 0 Å². The maximum atomic E-state index is 5.65. The smallest absolute Gasteiger partial charge is 0.0624 e. The summed E-state index contributed by atoms with van der Waals surface area (Å²) in [7, 11) is 3.62. The Morgan fingerprint density at radius 3 is 2.19 bits per heavy atom. The summed E-state index contributed by atoms with van der Waals surface area (Å²) in [5, 5.41) is 0. The Hall–Kier alpha value is -0.0800. The van der Waals surface area contributed by atoms with E-state index in [-0.39, 0.29) is 0 Å². The van der Waals surface area contributed by atoms with Gasteiger partial charge >= 0.3 is 0 Å². The van der Waals surface area contributed by atoms with Gasteiger partial charge in [0.15, 0.2) is 0 Å². The highest BCUT2D eigenvalue weighted by atomic mass is 16.5. The standard InChI is InChI=1S/C14H30O2/c1-6-8-9-10-14(16-5)13(11-15-4)12(3)7-2/h12-14H,6-11H2,1-5H3. The highest BCUT2D eigenvalue weighted by Crippen LogP contribution is 2.25. The summed E-state index contributed by atoms with van der Waals surface area (Å²) < 4.78 is 11.0. The van der Waals surface area contributed by atoms with Crippen LogP contribution >= 0.6 is 0 Å². The number of rotatable bonds is 10. The third-order valence-corrected chi connectivity index (χ3v) is 3.61.